The van der Waals surface area contributed by atoms with Crippen LogP contribution in [-0.2, 0) is 11.2 Å². The molecule has 30 heavy (non-hydrogen) atoms. The highest BCUT2D eigenvalue weighted by Crippen LogP contribution is 2.30. The Kier molecular flexibility index (Phi) is 7.55. The van der Waals surface area contributed by atoms with Crippen LogP contribution in [0.2, 0.25) is 5.02 Å². The van der Waals surface area contributed by atoms with Crippen LogP contribution in [0.4, 0.5) is 4.79 Å². The predicted octanol–water partition coefficient (Wildman–Crippen LogP) is 4.29. The standard InChI is InChI=1S/C24H36ClN3O2/c1-18-17-27(11-9-20-4-5-21(25)16-23(18)20)10-8-19-2-6-22(7-3-19)26-24(29)28-12-14-30-15-13-28/h4-5,16,18-19,22H,2-3,6-15,17H2,1H3,(H,26,29)/t18-,19?,22?/m0/s1. The van der Waals surface area contributed by atoms with Crippen molar-refractivity contribution in [1.82, 2.24) is 15.1 Å². The second-order valence-electron chi connectivity index (χ2n) is 9.35. The third-order valence-corrected chi connectivity index (χ3v) is 7.43. The minimum absolute atomic E-state index is 0.0972. The number of morpholine rings is 1. The molecule has 3 aliphatic rings. The molecule has 0 bridgehead atoms. The molecule has 1 atom stereocenters. The molecule has 0 radical (unpaired) electrons. The first-order valence-electron chi connectivity index (χ1n) is 11.7. The van der Waals surface area contributed by atoms with Crippen molar-refractivity contribution in [2.45, 2.75) is 57.4 Å². The SMILES string of the molecule is C[C@H]1CN(CCC2CCC(NC(=O)N3CCOCC3)CC2)CCc2ccc(Cl)cc21. The zero-order valence-corrected chi connectivity index (χ0v) is 19.0. The van der Waals surface area contributed by atoms with E-state index < -0.39 is 0 Å². The van der Waals surface area contributed by atoms with Crippen LogP contribution in [0.15, 0.2) is 18.2 Å². The van der Waals surface area contributed by atoms with Crippen LogP contribution in [0, 0.1) is 5.92 Å². The molecule has 6 heteroatoms. The normalized spacial score (nSPS) is 27.9. The van der Waals surface area contributed by atoms with E-state index in [9.17, 15) is 4.79 Å². The van der Waals surface area contributed by atoms with Crippen LogP contribution in [0.1, 0.15) is 56.1 Å². The van der Waals surface area contributed by atoms with Gasteiger partial charge < -0.3 is 19.9 Å². The number of rotatable bonds is 4. The number of urea groups is 1. The van der Waals surface area contributed by atoms with Crippen LogP contribution in [0.25, 0.3) is 0 Å². The number of hydrogen-bond donors (Lipinski definition) is 1. The molecule has 0 spiro atoms. The zero-order chi connectivity index (χ0) is 20.9. The first kappa shape index (κ1) is 21.9. The van der Waals surface area contributed by atoms with Gasteiger partial charge in [-0.3, -0.25) is 0 Å². The summed E-state index contributed by atoms with van der Waals surface area (Å²) < 4.78 is 5.34. The fourth-order valence-electron chi connectivity index (χ4n) is 5.30. The molecule has 1 saturated carbocycles. The highest BCUT2D eigenvalue weighted by molar-refractivity contribution is 6.30. The van der Waals surface area contributed by atoms with Crippen molar-refractivity contribution < 1.29 is 9.53 Å². The number of hydrogen-bond acceptors (Lipinski definition) is 3. The van der Waals surface area contributed by atoms with E-state index in [0.717, 1.165) is 43.3 Å². The van der Waals surface area contributed by atoms with E-state index in [4.69, 9.17) is 16.3 Å². The number of ether oxygens (including phenoxy) is 1. The Morgan fingerprint density at radius 1 is 1.17 bits per heavy atom. The van der Waals surface area contributed by atoms with Gasteiger partial charge in [0.05, 0.1) is 13.2 Å². The molecule has 1 N–H and O–H groups in total. The quantitative estimate of drug-likeness (QED) is 0.770. The molecular formula is C24H36ClN3O2. The Balaban J connectivity index is 1.18. The second kappa shape index (κ2) is 10.3. The van der Waals surface area contributed by atoms with Gasteiger partial charge in [0.15, 0.2) is 0 Å². The van der Waals surface area contributed by atoms with Crippen molar-refractivity contribution >= 4 is 17.6 Å². The maximum Gasteiger partial charge on any atom is 0.317 e. The third kappa shape index (κ3) is 5.68. The molecule has 1 aromatic carbocycles. The highest BCUT2D eigenvalue weighted by atomic mass is 35.5. The number of nitrogens with zero attached hydrogens (tertiary/aromatic N) is 2. The van der Waals surface area contributed by atoms with Gasteiger partial charge in [-0.1, -0.05) is 24.6 Å². The van der Waals surface area contributed by atoms with Crippen LogP contribution < -0.4 is 5.32 Å². The molecule has 2 fully saturated rings. The van der Waals surface area contributed by atoms with E-state index in [1.54, 1.807) is 0 Å². The van der Waals surface area contributed by atoms with Crippen LogP contribution in [0.3, 0.4) is 0 Å². The van der Waals surface area contributed by atoms with Crippen molar-refractivity contribution in [3.05, 3.63) is 34.3 Å². The topological polar surface area (TPSA) is 44.8 Å². The van der Waals surface area contributed by atoms with Gasteiger partial charge in [0.2, 0.25) is 0 Å². The number of fused-ring (bicyclic) bond motifs is 1. The fourth-order valence-corrected chi connectivity index (χ4v) is 5.48. The molecule has 1 saturated heterocycles. The Labute approximate surface area is 186 Å². The van der Waals surface area contributed by atoms with Gasteiger partial charge in [-0.2, -0.15) is 0 Å². The van der Waals surface area contributed by atoms with E-state index in [1.807, 2.05) is 11.0 Å². The van der Waals surface area contributed by atoms with E-state index in [1.165, 1.54) is 36.9 Å². The van der Waals surface area contributed by atoms with E-state index in [2.05, 4.69) is 29.3 Å². The van der Waals surface area contributed by atoms with E-state index in [-0.39, 0.29) is 6.03 Å². The van der Waals surface area contributed by atoms with E-state index >= 15 is 0 Å². The van der Waals surface area contributed by atoms with Crippen molar-refractivity contribution in [2.75, 3.05) is 45.9 Å². The number of benzene rings is 1. The molecule has 0 aromatic heterocycles. The fraction of sp³-hybridized carbons (Fsp3) is 0.708. The van der Waals surface area contributed by atoms with Crippen LogP contribution in [0.5, 0.6) is 0 Å². The summed E-state index contributed by atoms with van der Waals surface area (Å²) in [6.45, 7) is 8.53. The molecule has 2 aliphatic heterocycles. The van der Waals surface area contributed by atoms with Crippen molar-refractivity contribution in [1.29, 1.82) is 0 Å². The summed E-state index contributed by atoms with van der Waals surface area (Å²) in [6.07, 6.45) is 7.08. The molecule has 1 aliphatic carbocycles. The molecule has 5 nitrogen and oxygen atoms in total. The largest absolute Gasteiger partial charge is 0.378 e. The van der Waals surface area contributed by atoms with E-state index in [0.29, 0.717) is 38.3 Å². The Hall–Kier alpha value is -1.30. The number of carbonyl (C=O) groups is 1. The Morgan fingerprint density at radius 2 is 1.93 bits per heavy atom. The van der Waals surface area contributed by atoms with Gasteiger partial charge in [0.25, 0.3) is 0 Å². The minimum atomic E-state index is 0.0972. The van der Waals surface area contributed by atoms with Crippen molar-refractivity contribution in [3.8, 4) is 0 Å². The summed E-state index contributed by atoms with van der Waals surface area (Å²) >= 11 is 6.23. The average molecular weight is 434 g/mol. The Morgan fingerprint density at radius 3 is 2.70 bits per heavy atom. The monoisotopic (exact) mass is 433 g/mol. The van der Waals surface area contributed by atoms with Gasteiger partial charge in [-0.05, 0) is 80.2 Å². The summed E-state index contributed by atoms with van der Waals surface area (Å²) in [7, 11) is 0. The van der Waals surface area contributed by atoms with Crippen LogP contribution >= 0.6 is 11.6 Å². The van der Waals surface area contributed by atoms with Gasteiger partial charge >= 0.3 is 6.03 Å². The summed E-state index contributed by atoms with van der Waals surface area (Å²) in [5.74, 6) is 1.32. The summed E-state index contributed by atoms with van der Waals surface area (Å²) in [5, 5.41) is 4.11. The third-order valence-electron chi connectivity index (χ3n) is 7.19. The average Bonchev–Trinajstić information content (AvgIpc) is 2.92. The Bertz CT molecular complexity index is 714. The molecular weight excluding hydrogens is 398 g/mol. The van der Waals surface area contributed by atoms with Gasteiger partial charge in [-0.25, -0.2) is 4.79 Å². The molecule has 166 valence electrons. The lowest BCUT2D eigenvalue weighted by atomic mass is 9.84. The second-order valence-corrected chi connectivity index (χ2v) is 9.79. The molecule has 2 amide bonds. The van der Waals surface area contributed by atoms with Crippen molar-refractivity contribution in [3.63, 3.8) is 0 Å². The van der Waals surface area contributed by atoms with Gasteiger partial charge in [0.1, 0.15) is 0 Å². The number of amides is 2. The predicted molar refractivity (Wildman–Crippen MR) is 121 cm³/mol. The highest BCUT2D eigenvalue weighted by Gasteiger charge is 2.26. The number of nitrogens with one attached hydrogen (secondary N) is 1. The van der Waals surface area contributed by atoms with Gasteiger partial charge in [-0.15, -0.1) is 0 Å². The minimum Gasteiger partial charge on any atom is -0.378 e. The lowest BCUT2D eigenvalue weighted by Crippen LogP contribution is -2.49. The maximum atomic E-state index is 12.4. The van der Waals surface area contributed by atoms with Gasteiger partial charge in [0, 0.05) is 37.2 Å². The first-order valence-corrected chi connectivity index (χ1v) is 12.1. The molecule has 4 rings (SSSR count). The lowest BCUT2D eigenvalue weighted by Gasteiger charge is -2.33. The van der Waals surface area contributed by atoms with Crippen molar-refractivity contribution in [2.24, 2.45) is 5.92 Å². The molecule has 0 unspecified atom stereocenters. The molecule has 2 heterocycles. The summed E-state index contributed by atoms with van der Waals surface area (Å²) in [4.78, 5) is 16.9. The smallest absolute Gasteiger partial charge is 0.317 e. The summed E-state index contributed by atoms with van der Waals surface area (Å²) in [5.41, 5.74) is 2.90. The summed E-state index contributed by atoms with van der Waals surface area (Å²) in [6, 6.07) is 6.84. The molecule has 1 aromatic rings. The van der Waals surface area contributed by atoms with Crippen LogP contribution in [-0.4, -0.2) is 67.8 Å². The first-order chi connectivity index (χ1) is 14.6. The lowest BCUT2D eigenvalue weighted by molar-refractivity contribution is 0.0519. The zero-order valence-electron chi connectivity index (χ0n) is 18.2. The maximum absolute atomic E-state index is 12.4. The number of halogens is 1. The number of carbonyl (C=O) groups excluding carboxylic acids is 1.